The quantitative estimate of drug-likeness (QED) is 0.580. The number of benzene rings is 2. The molecule has 2 aromatic carbocycles. The van der Waals surface area contributed by atoms with Crippen LogP contribution in [0, 0.1) is 5.92 Å². The molecule has 0 unspecified atom stereocenters. The number of nitrogens with one attached hydrogen (secondary N) is 1. The number of carbonyl (C=O) groups is 2. The Morgan fingerprint density at radius 1 is 1.09 bits per heavy atom. The highest BCUT2D eigenvalue weighted by Gasteiger charge is 2.41. The fraction of sp³-hybridized carbons (Fsp3) is 0.417. The van der Waals surface area contributed by atoms with Gasteiger partial charge in [-0.05, 0) is 30.7 Å². The van der Waals surface area contributed by atoms with Crippen LogP contribution in [-0.4, -0.2) is 64.3 Å². The number of nitrogens with zero attached hydrogens (tertiary/aromatic N) is 1. The van der Waals surface area contributed by atoms with Crippen LogP contribution in [0.4, 0.5) is 0 Å². The number of methoxy groups -OCH3 is 3. The van der Waals surface area contributed by atoms with E-state index in [1.54, 1.807) is 56.6 Å². The number of halogens is 1. The van der Waals surface area contributed by atoms with Gasteiger partial charge in [0.25, 0.3) is 5.91 Å². The highest BCUT2D eigenvalue weighted by Crippen LogP contribution is 2.39. The maximum absolute atomic E-state index is 13.2. The fourth-order valence-corrected chi connectivity index (χ4v) is 4.23. The van der Waals surface area contributed by atoms with Crippen LogP contribution in [0.25, 0.3) is 0 Å². The summed E-state index contributed by atoms with van der Waals surface area (Å²) >= 11 is 6.08. The molecule has 2 aromatic rings. The lowest BCUT2D eigenvalue weighted by molar-refractivity contribution is -0.124. The minimum Gasteiger partial charge on any atom is -0.497 e. The molecule has 7 nitrogen and oxygen atoms in total. The van der Waals surface area contributed by atoms with Gasteiger partial charge >= 0.3 is 0 Å². The standard InChI is InChI=1S/C24H29ClN2O5/c1-30-11-5-10-26-23(28)21-15-27(24(29)16-6-4-7-17(25)12-16)14-20(21)19-9-8-18(31-2)13-22(19)32-3/h4,6-9,12-13,20-21H,5,10-11,14-15H2,1-3H3,(H,26,28)/t20-,21-/m0/s1. The molecule has 1 saturated heterocycles. The van der Waals surface area contributed by atoms with Gasteiger partial charge in [-0.2, -0.15) is 0 Å². The fourth-order valence-electron chi connectivity index (χ4n) is 4.04. The van der Waals surface area contributed by atoms with Crippen molar-refractivity contribution < 1.29 is 23.8 Å². The molecule has 172 valence electrons. The van der Waals surface area contributed by atoms with E-state index < -0.39 is 5.92 Å². The summed E-state index contributed by atoms with van der Waals surface area (Å²) < 4.78 is 15.9. The Kier molecular flexibility index (Phi) is 8.36. The normalized spacial score (nSPS) is 17.8. The average Bonchev–Trinajstić information content (AvgIpc) is 3.26. The second kappa shape index (κ2) is 11.2. The predicted octanol–water partition coefficient (Wildman–Crippen LogP) is 3.37. The molecule has 0 bridgehead atoms. The smallest absolute Gasteiger partial charge is 0.253 e. The maximum Gasteiger partial charge on any atom is 0.253 e. The van der Waals surface area contributed by atoms with Crippen LogP contribution in [0.1, 0.15) is 28.3 Å². The van der Waals surface area contributed by atoms with Crippen molar-refractivity contribution in [3.63, 3.8) is 0 Å². The average molecular weight is 461 g/mol. The van der Waals surface area contributed by atoms with Crippen LogP contribution < -0.4 is 14.8 Å². The van der Waals surface area contributed by atoms with E-state index in [0.717, 1.165) is 12.0 Å². The van der Waals surface area contributed by atoms with Gasteiger partial charge in [0.05, 0.1) is 20.1 Å². The molecule has 3 rings (SSSR count). The first-order chi connectivity index (χ1) is 15.5. The van der Waals surface area contributed by atoms with Crippen LogP contribution in [-0.2, 0) is 9.53 Å². The first-order valence-electron chi connectivity index (χ1n) is 10.5. The van der Waals surface area contributed by atoms with Gasteiger partial charge in [-0.1, -0.05) is 23.7 Å². The second-order valence-corrected chi connectivity index (χ2v) is 8.12. The molecule has 0 spiro atoms. The minimum absolute atomic E-state index is 0.0923. The maximum atomic E-state index is 13.2. The summed E-state index contributed by atoms with van der Waals surface area (Å²) in [5.41, 5.74) is 1.37. The van der Waals surface area contributed by atoms with Crippen LogP contribution in [0.2, 0.25) is 5.02 Å². The molecule has 2 amide bonds. The van der Waals surface area contributed by atoms with Crippen molar-refractivity contribution in [1.82, 2.24) is 10.2 Å². The zero-order valence-electron chi connectivity index (χ0n) is 18.6. The molecule has 32 heavy (non-hydrogen) atoms. The summed E-state index contributed by atoms with van der Waals surface area (Å²) in [5.74, 6) is 0.411. The SMILES string of the molecule is COCCCNC(=O)[C@H]1CN(C(=O)c2cccc(Cl)c2)C[C@H]1c1ccc(OC)cc1OC. The summed E-state index contributed by atoms with van der Waals surface area (Å²) in [6.45, 7) is 1.78. The Morgan fingerprint density at radius 2 is 1.91 bits per heavy atom. The summed E-state index contributed by atoms with van der Waals surface area (Å²) in [6.07, 6.45) is 0.719. The Bertz CT molecular complexity index is 952. The van der Waals surface area contributed by atoms with Gasteiger partial charge in [0, 0.05) is 61.5 Å². The zero-order valence-corrected chi connectivity index (χ0v) is 19.4. The van der Waals surface area contributed by atoms with E-state index in [4.69, 9.17) is 25.8 Å². The van der Waals surface area contributed by atoms with Crippen molar-refractivity contribution in [2.24, 2.45) is 5.92 Å². The zero-order chi connectivity index (χ0) is 23.1. The number of ether oxygens (including phenoxy) is 3. The Balaban J connectivity index is 1.87. The van der Waals surface area contributed by atoms with Crippen molar-refractivity contribution in [1.29, 1.82) is 0 Å². The number of hydrogen-bond acceptors (Lipinski definition) is 5. The van der Waals surface area contributed by atoms with Crippen LogP contribution in [0.3, 0.4) is 0 Å². The summed E-state index contributed by atoms with van der Waals surface area (Å²) in [6, 6.07) is 12.4. The molecule has 1 heterocycles. The third kappa shape index (κ3) is 5.53. The van der Waals surface area contributed by atoms with E-state index in [-0.39, 0.29) is 17.7 Å². The molecular weight excluding hydrogens is 432 g/mol. The van der Waals surface area contributed by atoms with E-state index in [1.807, 2.05) is 12.1 Å². The largest absolute Gasteiger partial charge is 0.497 e. The first kappa shape index (κ1) is 23.9. The third-order valence-electron chi connectivity index (χ3n) is 5.68. The van der Waals surface area contributed by atoms with Crippen molar-refractivity contribution in [3.05, 3.63) is 58.6 Å². The lowest BCUT2D eigenvalue weighted by Gasteiger charge is -2.21. The van der Waals surface area contributed by atoms with Crippen LogP contribution >= 0.6 is 11.6 Å². The molecule has 0 saturated carbocycles. The Labute approximate surface area is 193 Å². The molecule has 1 aliphatic rings. The number of likely N-dealkylation sites (tertiary alicyclic amines) is 1. The highest BCUT2D eigenvalue weighted by molar-refractivity contribution is 6.30. The Hall–Kier alpha value is -2.77. The lowest BCUT2D eigenvalue weighted by atomic mass is 9.87. The number of hydrogen-bond donors (Lipinski definition) is 1. The topological polar surface area (TPSA) is 77.1 Å². The van der Waals surface area contributed by atoms with Gasteiger partial charge in [0.15, 0.2) is 0 Å². The van der Waals surface area contributed by atoms with Crippen LogP contribution in [0.5, 0.6) is 11.5 Å². The van der Waals surface area contributed by atoms with Gasteiger partial charge in [-0.25, -0.2) is 0 Å². The van der Waals surface area contributed by atoms with Crippen molar-refractivity contribution in [2.75, 3.05) is 47.6 Å². The molecule has 0 radical (unpaired) electrons. The van der Waals surface area contributed by atoms with Crippen molar-refractivity contribution in [2.45, 2.75) is 12.3 Å². The Morgan fingerprint density at radius 3 is 2.59 bits per heavy atom. The molecule has 0 aliphatic carbocycles. The molecule has 2 atom stereocenters. The van der Waals surface area contributed by atoms with E-state index in [9.17, 15) is 9.59 Å². The molecule has 1 aliphatic heterocycles. The first-order valence-corrected chi connectivity index (χ1v) is 10.9. The molecule has 1 fully saturated rings. The van der Waals surface area contributed by atoms with E-state index in [0.29, 0.717) is 48.3 Å². The van der Waals surface area contributed by atoms with Gasteiger partial charge in [0.1, 0.15) is 11.5 Å². The van der Waals surface area contributed by atoms with E-state index in [1.165, 1.54) is 0 Å². The predicted molar refractivity (Wildman–Crippen MR) is 123 cm³/mol. The van der Waals surface area contributed by atoms with Gasteiger partial charge in [-0.15, -0.1) is 0 Å². The number of rotatable bonds is 9. The van der Waals surface area contributed by atoms with Crippen molar-refractivity contribution >= 4 is 23.4 Å². The summed E-state index contributed by atoms with van der Waals surface area (Å²) in [4.78, 5) is 28.0. The van der Waals surface area contributed by atoms with Gasteiger partial charge in [-0.3, -0.25) is 9.59 Å². The van der Waals surface area contributed by atoms with E-state index in [2.05, 4.69) is 5.32 Å². The minimum atomic E-state index is -0.414. The molecule has 8 heteroatoms. The van der Waals surface area contributed by atoms with Gasteiger partial charge < -0.3 is 24.4 Å². The monoisotopic (exact) mass is 460 g/mol. The molecule has 1 N–H and O–H groups in total. The van der Waals surface area contributed by atoms with Crippen molar-refractivity contribution in [3.8, 4) is 11.5 Å². The highest BCUT2D eigenvalue weighted by atomic mass is 35.5. The van der Waals surface area contributed by atoms with Crippen LogP contribution in [0.15, 0.2) is 42.5 Å². The number of amides is 2. The second-order valence-electron chi connectivity index (χ2n) is 7.68. The van der Waals surface area contributed by atoms with E-state index >= 15 is 0 Å². The van der Waals surface area contributed by atoms with Gasteiger partial charge in [0.2, 0.25) is 5.91 Å². The third-order valence-corrected chi connectivity index (χ3v) is 5.92. The number of carbonyl (C=O) groups excluding carboxylic acids is 2. The molecular formula is C24H29ClN2O5. The summed E-state index contributed by atoms with van der Waals surface area (Å²) in [7, 11) is 4.80. The molecule has 0 aromatic heterocycles. The summed E-state index contributed by atoms with van der Waals surface area (Å²) in [5, 5.41) is 3.48. The lowest BCUT2D eigenvalue weighted by Crippen LogP contribution is -2.36.